The number of aryl methyl sites for hydroxylation is 1. The Hall–Kier alpha value is -1.88. The molecule has 1 aromatic heterocycles. The van der Waals surface area contributed by atoms with Gasteiger partial charge in [-0.15, -0.1) is 0 Å². The molecule has 0 atom stereocenters. The summed E-state index contributed by atoms with van der Waals surface area (Å²) >= 11 is 0. The van der Waals surface area contributed by atoms with Gasteiger partial charge in [0.15, 0.2) is 0 Å². The van der Waals surface area contributed by atoms with E-state index in [4.69, 9.17) is 9.84 Å². The molecule has 0 fully saturated rings. The Labute approximate surface area is 92.1 Å². The fraction of sp³-hybridized carbons (Fsp3) is 0.273. The van der Waals surface area contributed by atoms with Crippen molar-refractivity contribution in [3.8, 4) is 0 Å². The number of fused-ring (bicyclic) bond motifs is 1. The Kier molecular flexibility index (Phi) is 2.87. The van der Waals surface area contributed by atoms with Crippen LogP contribution in [-0.2, 0) is 16.1 Å². The highest BCUT2D eigenvalue weighted by Gasteiger charge is 2.04. The Balaban J connectivity index is 2.10. The van der Waals surface area contributed by atoms with E-state index < -0.39 is 5.97 Å². The predicted molar refractivity (Wildman–Crippen MR) is 58.1 cm³/mol. The number of carboxylic acids is 1. The summed E-state index contributed by atoms with van der Waals surface area (Å²) in [6.45, 7) is 1.87. The Morgan fingerprint density at radius 3 is 3.12 bits per heavy atom. The van der Waals surface area contributed by atoms with Crippen LogP contribution in [0.3, 0.4) is 0 Å². The molecule has 0 amide bonds. The minimum absolute atomic E-state index is 0.181. The van der Waals surface area contributed by atoms with Crippen molar-refractivity contribution in [3.05, 3.63) is 29.6 Å². The number of aliphatic carboxylic acids is 1. The lowest BCUT2D eigenvalue weighted by Gasteiger charge is -1.96. The maximum absolute atomic E-state index is 10.3. The fourth-order valence-electron chi connectivity index (χ4n) is 1.48. The van der Waals surface area contributed by atoms with Crippen LogP contribution >= 0.6 is 0 Å². The van der Waals surface area contributed by atoms with Gasteiger partial charge >= 0.3 is 5.97 Å². The summed E-state index contributed by atoms with van der Waals surface area (Å²) in [5.74, 6) is -0.339. The van der Waals surface area contributed by atoms with Gasteiger partial charge in [0.25, 0.3) is 0 Å². The summed E-state index contributed by atoms with van der Waals surface area (Å²) < 4.78 is 4.95. The summed E-state index contributed by atoms with van der Waals surface area (Å²) in [6, 6.07) is 5.88. The second kappa shape index (κ2) is 4.32. The van der Waals surface area contributed by atoms with Crippen molar-refractivity contribution >= 4 is 17.0 Å². The molecule has 1 heterocycles. The number of H-pyrrole nitrogens is 1. The molecule has 16 heavy (non-hydrogen) atoms. The summed E-state index contributed by atoms with van der Waals surface area (Å²) in [7, 11) is 0. The molecule has 0 bridgehead atoms. The van der Waals surface area contributed by atoms with Gasteiger partial charge in [0.05, 0.1) is 11.0 Å². The third-order valence-electron chi connectivity index (χ3n) is 2.15. The molecule has 5 heteroatoms. The van der Waals surface area contributed by atoms with Gasteiger partial charge in [-0.05, 0) is 24.6 Å². The zero-order chi connectivity index (χ0) is 11.5. The van der Waals surface area contributed by atoms with Crippen molar-refractivity contribution in [2.75, 3.05) is 6.61 Å². The van der Waals surface area contributed by atoms with E-state index in [2.05, 4.69) is 9.97 Å². The van der Waals surface area contributed by atoms with E-state index in [0.717, 1.165) is 16.6 Å². The Bertz CT molecular complexity index is 519. The largest absolute Gasteiger partial charge is 0.480 e. The molecule has 0 saturated carbocycles. The van der Waals surface area contributed by atoms with Gasteiger partial charge in [-0.2, -0.15) is 0 Å². The Morgan fingerprint density at radius 1 is 1.56 bits per heavy atom. The van der Waals surface area contributed by atoms with Crippen LogP contribution in [0.25, 0.3) is 11.0 Å². The van der Waals surface area contributed by atoms with Crippen molar-refractivity contribution in [1.82, 2.24) is 9.97 Å². The standard InChI is InChI=1S/C11H12N2O3/c1-7-2-3-8-9(4-7)13-10(12-8)5-16-6-11(14)15/h2-4H,5-6H2,1H3,(H,12,13)(H,14,15). The van der Waals surface area contributed by atoms with Gasteiger partial charge < -0.3 is 14.8 Å². The number of carbonyl (C=O) groups is 1. The van der Waals surface area contributed by atoms with Gasteiger partial charge in [-0.25, -0.2) is 9.78 Å². The van der Waals surface area contributed by atoms with E-state index in [0.29, 0.717) is 5.82 Å². The van der Waals surface area contributed by atoms with Crippen LogP contribution in [0.15, 0.2) is 18.2 Å². The lowest BCUT2D eigenvalue weighted by Crippen LogP contribution is -2.07. The number of ether oxygens (including phenoxy) is 1. The molecular formula is C11H12N2O3. The zero-order valence-electron chi connectivity index (χ0n) is 8.86. The van der Waals surface area contributed by atoms with Gasteiger partial charge in [-0.1, -0.05) is 6.07 Å². The van der Waals surface area contributed by atoms with Crippen LogP contribution in [0.1, 0.15) is 11.4 Å². The van der Waals surface area contributed by atoms with Gasteiger partial charge in [0.2, 0.25) is 0 Å². The number of rotatable bonds is 4. The van der Waals surface area contributed by atoms with E-state index in [1.54, 1.807) is 0 Å². The van der Waals surface area contributed by atoms with Gasteiger partial charge in [0, 0.05) is 0 Å². The summed E-state index contributed by atoms with van der Waals surface area (Å²) in [6.07, 6.45) is 0. The lowest BCUT2D eigenvalue weighted by atomic mass is 10.2. The smallest absolute Gasteiger partial charge is 0.329 e. The molecule has 2 N–H and O–H groups in total. The molecule has 5 nitrogen and oxygen atoms in total. The van der Waals surface area contributed by atoms with E-state index in [9.17, 15) is 4.79 Å². The van der Waals surface area contributed by atoms with E-state index in [-0.39, 0.29) is 13.2 Å². The molecular weight excluding hydrogens is 208 g/mol. The first-order valence-electron chi connectivity index (χ1n) is 4.90. The average Bonchev–Trinajstić information content (AvgIpc) is 2.58. The number of imidazole rings is 1. The fourth-order valence-corrected chi connectivity index (χ4v) is 1.48. The lowest BCUT2D eigenvalue weighted by molar-refractivity contribution is -0.142. The van der Waals surface area contributed by atoms with E-state index in [1.807, 2.05) is 25.1 Å². The minimum atomic E-state index is -0.980. The molecule has 0 aliphatic carbocycles. The number of benzene rings is 1. The second-order valence-electron chi connectivity index (χ2n) is 3.59. The molecule has 2 aromatic rings. The van der Waals surface area contributed by atoms with Gasteiger partial charge in [0.1, 0.15) is 19.0 Å². The van der Waals surface area contributed by atoms with Crippen LogP contribution in [0.2, 0.25) is 0 Å². The van der Waals surface area contributed by atoms with Crippen LogP contribution in [0.5, 0.6) is 0 Å². The summed E-state index contributed by atoms with van der Waals surface area (Å²) in [5.41, 5.74) is 2.95. The molecule has 2 rings (SSSR count). The molecule has 0 aliphatic heterocycles. The molecule has 1 aromatic carbocycles. The maximum atomic E-state index is 10.3. The minimum Gasteiger partial charge on any atom is -0.480 e. The number of aromatic amines is 1. The maximum Gasteiger partial charge on any atom is 0.329 e. The molecule has 84 valence electrons. The van der Waals surface area contributed by atoms with Crippen molar-refractivity contribution in [2.45, 2.75) is 13.5 Å². The van der Waals surface area contributed by atoms with E-state index >= 15 is 0 Å². The van der Waals surface area contributed by atoms with Crippen LogP contribution in [0, 0.1) is 6.92 Å². The molecule has 0 saturated heterocycles. The number of carboxylic acid groups (broad SMARTS) is 1. The highest BCUT2D eigenvalue weighted by molar-refractivity contribution is 5.75. The topological polar surface area (TPSA) is 75.2 Å². The quantitative estimate of drug-likeness (QED) is 0.818. The monoisotopic (exact) mass is 220 g/mol. The first-order chi connectivity index (χ1) is 7.65. The molecule has 0 radical (unpaired) electrons. The highest BCUT2D eigenvalue weighted by Crippen LogP contribution is 2.13. The molecule has 0 spiro atoms. The number of aromatic nitrogens is 2. The van der Waals surface area contributed by atoms with Gasteiger partial charge in [-0.3, -0.25) is 0 Å². The first-order valence-corrected chi connectivity index (χ1v) is 4.90. The Morgan fingerprint density at radius 2 is 2.38 bits per heavy atom. The number of hydrogen-bond acceptors (Lipinski definition) is 3. The number of nitrogens with zero attached hydrogens (tertiary/aromatic N) is 1. The average molecular weight is 220 g/mol. The number of hydrogen-bond donors (Lipinski definition) is 2. The normalized spacial score (nSPS) is 10.8. The summed E-state index contributed by atoms with van der Waals surface area (Å²) in [5, 5.41) is 8.41. The van der Waals surface area contributed by atoms with Crippen LogP contribution in [0.4, 0.5) is 0 Å². The van der Waals surface area contributed by atoms with Crippen molar-refractivity contribution in [3.63, 3.8) is 0 Å². The molecule has 0 aliphatic rings. The van der Waals surface area contributed by atoms with Crippen LogP contribution < -0.4 is 0 Å². The zero-order valence-corrected chi connectivity index (χ0v) is 8.86. The first kappa shape index (κ1) is 10.6. The van der Waals surface area contributed by atoms with Crippen LogP contribution in [-0.4, -0.2) is 27.7 Å². The second-order valence-corrected chi connectivity index (χ2v) is 3.59. The predicted octanol–water partition coefficient (Wildman–Crippen LogP) is 1.47. The number of nitrogens with one attached hydrogen (secondary N) is 1. The molecule has 0 unspecified atom stereocenters. The van der Waals surface area contributed by atoms with Crippen molar-refractivity contribution in [2.24, 2.45) is 0 Å². The SMILES string of the molecule is Cc1ccc2nc(COCC(=O)O)[nH]c2c1. The third-order valence-corrected chi connectivity index (χ3v) is 2.15. The third kappa shape index (κ3) is 2.38. The van der Waals surface area contributed by atoms with E-state index in [1.165, 1.54) is 0 Å². The van der Waals surface area contributed by atoms with Crippen molar-refractivity contribution < 1.29 is 14.6 Å². The highest BCUT2D eigenvalue weighted by atomic mass is 16.5. The van der Waals surface area contributed by atoms with Crippen molar-refractivity contribution in [1.29, 1.82) is 0 Å². The summed E-state index contributed by atoms with van der Waals surface area (Å²) in [4.78, 5) is 17.6.